The fraction of sp³-hybridized carbons (Fsp3) is 0.292. The molecule has 0 bridgehead atoms. The van der Waals surface area contributed by atoms with E-state index in [4.69, 9.17) is 0 Å². The molecule has 0 fully saturated rings. The highest BCUT2D eigenvalue weighted by Gasteiger charge is 2.15. The largest absolute Gasteiger partial charge is 0.342 e. The molecule has 168 valence electrons. The number of likely N-dealkylation sites (N-methyl/N-ethyl adjacent to an activating group) is 1. The molecule has 3 amide bonds. The lowest BCUT2D eigenvalue weighted by molar-refractivity contribution is -0.131. The summed E-state index contributed by atoms with van der Waals surface area (Å²) < 4.78 is 1.95. The van der Waals surface area contributed by atoms with Crippen LogP contribution in [0.25, 0.3) is 10.9 Å². The fourth-order valence-corrected chi connectivity index (χ4v) is 4.39. The van der Waals surface area contributed by atoms with Crippen molar-refractivity contribution in [1.82, 2.24) is 9.47 Å². The van der Waals surface area contributed by atoms with Gasteiger partial charge in [-0.2, -0.15) is 0 Å². The molecule has 32 heavy (non-hydrogen) atoms. The Balaban J connectivity index is 1.69. The zero-order valence-corrected chi connectivity index (χ0v) is 19.4. The lowest BCUT2D eigenvalue weighted by Gasteiger charge is -2.19. The zero-order chi connectivity index (χ0) is 23.1. The van der Waals surface area contributed by atoms with Crippen molar-refractivity contribution < 1.29 is 14.4 Å². The van der Waals surface area contributed by atoms with Gasteiger partial charge in [0.15, 0.2) is 0 Å². The summed E-state index contributed by atoms with van der Waals surface area (Å²) in [7, 11) is 0. The van der Waals surface area contributed by atoms with Crippen molar-refractivity contribution in [2.24, 2.45) is 0 Å². The average molecular weight is 453 g/mol. The van der Waals surface area contributed by atoms with Crippen molar-refractivity contribution in [1.29, 1.82) is 0 Å². The van der Waals surface area contributed by atoms with Crippen LogP contribution in [0.2, 0.25) is 0 Å². The Labute approximate surface area is 192 Å². The third kappa shape index (κ3) is 5.91. The molecular formula is C24H28N4O3S. The summed E-state index contributed by atoms with van der Waals surface area (Å²) in [5.41, 5.74) is 2.22. The number of rotatable bonds is 9. The third-order valence-corrected chi connectivity index (χ3v) is 6.04. The highest BCUT2D eigenvalue weighted by Crippen LogP contribution is 2.30. The second-order valence-electron chi connectivity index (χ2n) is 7.30. The first-order valence-electron chi connectivity index (χ1n) is 10.6. The number of nitrogens with one attached hydrogen (secondary N) is 2. The predicted octanol–water partition coefficient (Wildman–Crippen LogP) is 4.20. The van der Waals surface area contributed by atoms with Crippen LogP contribution in [0.3, 0.4) is 0 Å². The standard InChI is InChI=1S/C24H28N4O3S/c1-4-27(5-2)24(31)15-28-14-22(20-11-6-7-12-21(20)28)32-16-23(30)26-19-10-8-9-18(13-19)25-17(3)29/h6-14H,4-5,15-16H2,1-3H3,(H,25,29)(H,26,30). The van der Waals surface area contributed by atoms with Crippen molar-refractivity contribution in [2.45, 2.75) is 32.2 Å². The number of anilines is 2. The molecule has 1 aromatic heterocycles. The van der Waals surface area contributed by atoms with Gasteiger partial charge in [0.25, 0.3) is 0 Å². The number of fused-ring (bicyclic) bond motifs is 1. The molecule has 2 N–H and O–H groups in total. The Morgan fingerprint density at radius 1 is 0.969 bits per heavy atom. The minimum atomic E-state index is -0.167. The van der Waals surface area contributed by atoms with Crippen LogP contribution in [0.4, 0.5) is 11.4 Å². The van der Waals surface area contributed by atoms with Crippen LogP contribution in [0, 0.1) is 0 Å². The van der Waals surface area contributed by atoms with E-state index >= 15 is 0 Å². The SMILES string of the molecule is CCN(CC)C(=O)Cn1cc(SCC(=O)Nc2cccc(NC(C)=O)c2)c2ccccc21. The second kappa shape index (κ2) is 10.9. The van der Waals surface area contributed by atoms with E-state index in [2.05, 4.69) is 10.6 Å². The summed E-state index contributed by atoms with van der Waals surface area (Å²) in [5, 5.41) is 6.58. The molecule has 3 rings (SSSR count). The van der Waals surface area contributed by atoms with Gasteiger partial charge < -0.3 is 20.1 Å². The highest BCUT2D eigenvalue weighted by atomic mass is 32.2. The Kier molecular flexibility index (Phi) is 7.94. The van der Waals surface area contributed by atoms with Crippen LogP contribution in [-0.4, -0.2) is 46.0 Å². The minimum Gasteiger partial charge on any atom is -0.342 e. The van der Waals surface area contributed by atoms with E-state index in [1.807, 2.05) is 53.8 Å². The van der Waals surface area contributed by atoms with Crippen LogP contribution in [-0.2, 0) is 20.9 Å². The van der Waals surface area contributed by atoms with Crippen molar-refractivity contribution in [3.05, 3.63) is 54.7 Å². The van der Waals surface area contributed by atoms with Crippen molar-refractivity contribution in [3.63, 3.8) is 0 Å². The monoisotopic (exact) mass is 452 g/mol. The number of amides is 3. The number of carbonyl (C=O) groups is 3. The number of carbonyl (C=O) groups excluding carboxylic acids is 3. The number of nitrogens with zero attached hydrogens (tertiary/aromatic N) is 2. The van der Waals surface area contributed by atoms with Crippen molar-refractivity contribution >= 4 is 51.8 Å². The molecule has 0 saturated heterocycles. The van der Waals surface area contributed by atoms with E-state index in [1.54, 1.807) is 24.3 Å². The van der Waals surface area contributed by atoms with Gasteiger partial charge in [-0.25, -0.2) is 0 Å². The molecule has 7 nitrogen and oxygen atoms in total. The average Bonchev–Trinajstić information content (AvgIpc) is 3.10. The molecular weight excluding hydrogens is 424 g/mol. The summed E-state index contributed by atoms with van der Waals surface area (Å²) in [6.45, 7) is 7.01. The van der Waals surface area contributed by atoms with Crippen LogP contribution < -0.4 is 10.6 Å². The molecule has 3 aromatic rings. The van der Waals surface area contributed by atoms with E-state index < -0.39 is 0 Å². The molecule has 0 saturated carbocycles. The lowest BCUT2D eigenvalue weighted by Crippen LogP contribution is -2.33. The maximum atomic E-state index is 12.6. The third-order valence-electron chi connectivity index (χ3n) is 5.00. The van der Waals surface area contributed by atoms with Gasteiger partial charge in [0.05, 0.1) is 5.75 Å². The van der Waals surface area contributed by atoms with Crippen molar-refractivity contribution in [3.8, 4) is 0 Å². The summed E-state index contributed by atoms with van der Waals surface area (Å²) in [5.74, 6) is -0.0162. The van der Waals surface area contributed by atoms with E-state index in [0.29, 0.717) is 24.5 Å². The number of hydrogen-bond acceptors (Lipinski definition) is 4. The first-order valence-corrected chi connectivity index (χ1v) is 11.6. The molecule has 0 radical (unpaired) electrons. The van der Waals surface area contributed by atoms with Crippen LogP contribution in [0.15, 0.2) is 59.6 Å². The molecule has 8 heteroatoms. The summed E-state index contributed by atoms with van der Waals surface area (Å²) >= 11 is 1.43. The van der Waals surface area contributed by atoms with Gasteiger partial charge in [0.1, 0.15) is 6.54 Å². The summed E-state index contributed by atoms with van der Waals surface area (Å²) in [4.78, 5) is 39.1. The topological polar surface area (TPSA) is 83.4 Å². The van der Waals surface area contributed by atoms with Crippen LogP contribution >= 0.6 is 11.8 Å². The molecule has 0 aliphatic carbocycles. The van der Waals surface area contributed by atoms with E-state index in [0.717, 1.165) is 15.8 Å². The van der Waals surface area contributed by atoms with Crippen molar-refractivity contribution in [2.75, 3.05) is 29.5 Å². The van der Waals surface area contributed by atoms with Gasteiger partial charge in [-0.3, -0.25) is 14.4 Å². The van der Waals surface area contributed by atoms with Gasteiger partial charge in [-0.05, 0) is 38.1 Å². The molecule has 0 unspecified atom stereocenters. The zero-order valence-electron chi connectivity index (χ0n) is 18.6. The predicted molar refractivity (Wildman–Crippen MR) is 130 cm³/mol. The van der Waals surface area contributed by atoms with Gasteiger partial charge in [-0.15, -0.1) is 11.8 Å². The smallest absolute Gasteiger partial charge is 0.242 e. The van der Waals surface area contributed by atoms with Crippen LogP contribution in [0.5, 0.6) is 0 Å². The summed E-state index contributed by atoms with van der Waals surface area (Å²) in [6.07, 6.45) is 1.95. The fourth-order valence-electron chi connectivity index (χ4n) is 3.50. The Morgan fingerprint density at radius 2 is 1.66 bits per heavy atom. The van der Waals surface area contributed by atoms with Crippen LogP contribution in [0.1, 0.15) is 20.8 Å². The van der Waals surface area contributed by atoms with E-state index in [-0.39, 0.29) is 30.0 Å². The normalized spacial score (nSPS) is 10.7. The first-order chi connectivity index (χ1) is 15.4. The molecule has 0 aliphatic heterocycles. The van der Waals surface area contributed by atoms with Gasteiger partial charge >= 0.3 is 0 Å². The Hall–Kier alpha value is -3.26. The number of para-hydroxylation sites is 1. The molecule has 2 aromatic carbocycles. The molecule has 0 spiro atoms. The second-order valence-corrected chi connectivity index (χ2v) is 8.32. The maximum absolute atomic E-state index is 12.6. The summed E-state index contributed by atoms with van der Waals surface area (Å²) in [6, 6.07) is 14.9. The number of benzene rings is 2. The number of aromatic nitrogens is 1. The maximum Gasteiger partial charge on any atom is 0.242 e. The van der Waals surface area contributed by atoms with E-state index in [9.17, 15) is 14.4 Å². The Morgan fingerprint density at radius 3 is 2.34 bits per heavy atom. The van der Waals surface area contributed by atoms with Gasteiger partial charge in [-0.1, -0.05) is 24.3 Å². The lowest BCUT2D eigenvalue weighted by atomic mass is 10.2. The van der Waals surface area contributed by atoms with Gasteiger partial charge in [0.2, 0.25) is 17.7 Å². The van der Waals surface area contributed by atoms with Gasteiger partial charge in [0, 0.05) is 53.4 Å². The Bertz CT molecular complexity index is 1120. The quantitative estimate of drug-likeness (QED) is 0.477. The van der Waals surface area contributed by atoms with E-state index in [1.165, 1.54) is 18.7 Å². The highest BCUT2D eigenvalue weighted by molar-refractivity contribution is 8.00. The molecule has 0 aliphatic rings. The molecule has 1 heterocycles. The number of hydrogen-bond donors (Lipinski definition) is 2. The first kappa shape index (κ1) is 23.4. The minimum absolute atomic E-state index is 0.0732. The molecule has 0 atom stereocenters. The number of thioether (sulfide) groups is 1.